The van der Waals surface area contributed by atoms with Crippen molar-refractivity contribution in [2.45, 2.75) is 25.4 Å². The molecule has 0 fully saturated rings. The SMILES string of the molecule is Nc1cn(CCc2ccccc2)nc1C(=O)NC(Cc1ccccc1)C(=O)O. The van der Waals surface area contributed by atoms with Gasteiger partial charge >= 0.3 is 5.97 Å². The molecule has 4 N–H and O–H groups in total. The second-order valence-corrected chi connectivity index (χ2v) is 6.49. The van der Waals surface area contributed by atoms with Crippen molar-refractivity contribution < 1.29 is 14.7 Å². The quantitative estimate of drug-likeness (QED) is 0.556. The largest absolute Gasteiger partial charge is 0.480 e. The minimum Gasteiger partial charge on any atom is -0.480 e. The summed E-state index contributed by atoms with van der Waals surface area (Å²) >= 11 is 0. The molecule has 0 radical (unpaired) electrons. The monoisotopic (exact) mass is 378 g/mol. The van der Waals surface area contributed by atoms with Gasteiger partial charge in [0.1, 0.15) is 6.04 Å². The summed E-state index contributed by atoms with van der Waals surface area (Å²) in [7, 11) is 0. The van der Waals surface area contributed by atoms with Crippen LogP contribution in [0.2, 0.25) is 0 Å². The number of rotatable bonds is 8. The van der Waals surface area contributed by atoms with Gasteiger partial charge in [0.05, 0.1) is 5.69 Å². The van der Waals surface area contributed by atoms with Gasteiger partial charge in [-0.15, -0.1) is 0 Å². The number of nitrogens with one attached hydrogen (secondary N) is 1. The molecule has 144 valence electrons. The van der Waals surface area contributed by atoms with Gasteiger partial charge in [0.15, 0.2) is 5.69 Å². The van der Waals surface area contributed by atoms with E-state index in [0.29, 0.717) is 6.54 Å². The van der Waals surface area contributed by atoms with Gasteiger partial charge in [0.2, 0.25) is 0 Å². The number of nitrogens with two attached hydrogens (primary N) is 1. The topological polar surface area (TPSA) is 110 Å². The number of anilines is 1. The lowest BCUT2D eigenvalue weighted by Crippen LogP contribution is -2.42. The highest BCUT2D eigenvalue weighted by atomic mass is 16.4. The van der Waals surface area contributed by atoms with Crippen LogP contribution in [-0.4, -0.2) is 32.8 Å². The number of aromatic nitrogens is 2. The van der Waals surface area contributed by atoms with E-state index in [2.05, 4.69) is 10.4 Å². The van der Waals surface area contributed by atoms with Crippen molar-refractivity contribution in [3.8, 4) is 0 Å². The zero-order valence-electron chi connectivity index (χ0n) is 15.3. The predicted octanol–water partition coefficient (Wildman–Crippen LogP) is 2.13. The smallest absolute Gasteiger partial charge is 0.326 e. The van der Waals surface area contributed by atoms with Crippen LogP contribution < -0.4 is 11.1 Å². The molecule has 7 nitrogen and oxygen atoms in total. The number of hydrogen-bond donors (Lipinski definition) is 3. The summed E-state index contributed by atoms with van der Waals surface area (Å²) in [6.45, 7) is 0.563. The number of carboxylic acids is 1. The first-order chi connectivity index (χ1) is 13.5. The Morgan fingerprint density at radius 3 is 2.25 bits per heavy atom. The van der Waals surface area contributed by atoms with Crippen LogP contribution in [0.3, 0.4) is 0 Å². The lowest BCUT2D eigenvalue weighted by molar-refractivity contribution is -0.139. The molecule has 3 rings (SSSR count). The number of nitrogens with zero attached hydrogens (tertiary/aromatic N) is 2. The molecule has 0 aliphatic rings. The van der Waals surface area contributed by atoms with Crippen molar-refractivity contribution >= 4 is 17.6 Å². The van der Waals surface area contributed by atoms with Crippen LogP contribution in [0.15, 0.2) is 66.9 Å². The van der Waals surface area contributed by atoms with Crippen molar-refractivity contribution in [3.05, 3.63) is 83.7 Å². The standard InChI is InChI=1S/C21H22N4O3/c22-17-14-25(12-11-15-7-3-1-4-8-15)24-19(17)20(26)23-18(21(27)28)13-16-9-5-2-6-10-16/h1-10,14,18H,11-13,22H2,(H,23,26)(H,27,28). The number of carbonyl (C=O) groups excluding carboxylic acids is 1. The van der Waals surface area contributed by atoms with Gasteiger partial charge in [-0.3, -0.25) is 9.48 Å². The summed E-state index contributed by atoms with van der Waals surface area (Å²) in [5.74, 6) is -1.71. The minimum absolute atomic E-state index is 0.0346. The molecule has 1 amide bonds. The third kappa shape index (κ3) is 4.97. The molecule has 28 heavy (non-hydrogen) atoms. The number of aliphatic carboxylic acids is 1. The van der Waals surface area contributed by atoms with E-state index < -0.39 is 17.9 Å². The highest BCUT2D eigenvalue weighted by Crippen LogP contribution is 2.12. The third-order valence-corrected chi connectivity index (χ3v) is 4.36. The number of hydrogen-bond acceptors (Lipinski definition) is 4. The molecule has 0 aliphatic heterocycles. The van der Waals surface area contributed by atoms with Gasteiger partial charge < -0.3 is 16.2 Å². The second kappa shape index (κ2) is 8.85. The first kappa shape index (κ1) is 19.2. The van der Waals surface area contributed by atoms with E-state index >= 15 is 0 Å². The fourth-order valence-electron chi connectivity index (χ4n) is 2.89. The van der Waals surface area contributed by atoms with Gasteiger partial charge in [-0.05, 0) is 17.5 Å². The number of aryl methyl sites for hydroxylation is 2. The average Bonchev–Trinajstić information content (AvgIpc) is 3.08. The Hall–Kier alpha value is -3.61. The van der Waals surface area contributed by atoms with Gasteiger partial charge in [0, 0.05) is 19.2 Å². The normalized spacial score (nSPS) is 11.7. The first-order valence-electron chi connectivity index (χ1n) is 8.97. The fourth-order valence-corrected chi connectivity index (χ4v) is 2.89. The Morgan fingerprint density at radius 1 is 1.04 bits per heavy atom. The van der Waals surface area contributed by atoms with Crippen molar-refractivity contribution in [1.29, 1.82) is 0 Å². The Labute approximate surface area is 162 Å². The highest BCUT2D eigenvalue weighted by Gasteiger charge is 2.24. The Morgan fingerprint density at radius 2 is 1.64 bits per heavy atom. The highest BCUT2D eigenvalue weighted by molar-refractivity contribution is 5.99. The average molecular weight is 378 g/mol. The van der Waals surface area contributed by atoms with E-state index in [1.165, 1.54) is 0 Å². The molecule has 7 heteroatoms. The number of carbonyl (C=O) groups is 2. The van der Waals surface area contributed by atoms with Crippen LogP contribution in [-0.2, 0) is 24.2 Å². The van der Waals surface area contributed by atoms with E-state index in [-0.39, 0.29) is 17.8 Å². The molecule has 1 atom stereocenters. The van der Waals surface area contributed by atoms with E-state index in [1.54, 1.807) is 10.9 Å². The predicted molar refractivity (Wildman–Crippen MR) is 106 cm³/mol. The molecule has 0 spiro atoms. The van der Waals surface area contributed by atoms with E-state index in [4.69, 9.17) is 5.73 Å². The summed E-state index contributed by atoms with van der Waals surface area (Å²) in [6, 6.07) is 18.0. The van der Waals surface area contributed by atoms with Gasteiger partial charge in [-0.2, -0.15) is 5.10 Å². The molecule has 0 aliphatic carbocycles. The summed E-state index contributed by atoms with van der Waals surface area (Å²) in [5, 5.41) is 16.2. The number of benzene rings is 2. The zero-order valence-corrected chi connectivity index (χ0v) is 15.3. The van der Waals surface area contributed by atoms with Crippen molar-refractivity contribution in [2.75, 3.05) is 5.73 Å². The lowest BCUT2D eigenvalue weighted by atomic mass is 10.1. The molecule has 2 aromatic carbocycles. The first-order valence-corrected chi connectivity index (χ1v) is 8.97. The third-order valence-electron chi connectivity index (χ3n) is 4.36. The van der Waals surface area contributed by atoms with Crippen LogP contribution >= 0.6 is 0 Å². The number of amides is 1. The summed E-state index contributed by atoms with van der Waals surface area (Å²) < 4.78 is 1.60. The number of carboxylic acid groups (broad SMARTS) is 1. The van der Waals surface area contributed by atoms with Crippen molar-refractivity contribution in [3.63, 3.8) is 0 Å². The molecule has 0 saturated carbocycles. The maximum Gasteiger partial charge on any atom is 0.326 e. The van der Waals surface area contributed by atoms with Gasteiger partial charge in [-0.25, -0.2) is 4.79 Å². The van der Waals surface area contributed by atoms with E-state index in [9.17, 15) is 14.7 Å². The number of nitrogen functional groups attached to an aromatic ring is 1. The van der Waals surface area contributed by atoms with Crippen LogP contribution in [0.5, 0.6) is 0 Å². The van der Waals surface area contributed by atoms with Crippen LogP contribution in [0.1, 0.15) is 21.6 Å². The molecule has 0 saturated heterocycles. The van der Waals surface area contributed by atoms with Gasteiger partial charge in [0.25, 0.3) is 5.91 Å². The molecular formula is C21H22N4O3. The van der Waals surface area contributed by atoms with Crippen LogP contribution in [0, 0.1) is 0 Å². The maximum absolute atomic E-state index is 12.5. The lowest BCUT2D eigenvalue weighted by Gasteiger charge is -2.14. The van der Waals surface area contributed by atoms with E-state index in [0.717, 1.165) is 17.5 Å². The molecule has 0 bridgehead atoms. The molecule has 1 unspecified atom stereocenters. The molecule has 1 heterocycles. The molecule has 1 aromatic heterocycles. The van der Waals surface area contributed by atoms with Crippen molar-refractivity contribution in [2.24, 2.45) is 0 Å². The zero-order chi connectivity index (χ0) is 19.9. The van der Waals surface area contributed by atoms with Crippen LogP contribution in [0.25, 0.3) is 0 Å². The molecule has 3 aromatic rings. The van der Waals surface area contributed by atoms with Crippen LogP contribution in [0.4, 0.5) is 5.69 Å². The van der Waals surface area contributed by atoms with Gasteiger partial charge in [-0.1, -0.05) is 60.7 Å². The van der Waals surface area contributed by atoms with E-state index in [1.807, 2.05) is 60.7 Å². The second-order valence-electron chi connectivity index (χ2n) is 6.49. The Kier molecular flexibility index (Phi) is 6.06. The minimum atomic E-state index is -1.11. The fraction of sp³-hybridized carbons (Fsp3) is 0.190. The summed E-state index contributed by atoms with van der Waals surface area (Å²) in [6.07, 6.45) is 2.51. The summed E-state index contributed by atoms with van der Waals surface area (Å²) in [4.78, 5) is 24.1. The maximum atomic E-state index is 12.5. The Balaban J connectivity index is 1.65. The Bertz CT molecular complexity index is 939. The molecular weight excluding hydrogens is 356 g/mol. The van der Waals surface area contributed by atoms with Crippen molar-refractivity contribution in [1.82, 2.24) is 15.1 Å². The summed E-state index contributed by atoms with van der Waals surface area (Å²) in [5.41, 5.74) is 8.14.